The Labute approximate surface area is 136 Å². The minimum atomic E-state index is 0.222. The molecule has 2 unspecified atom stereocenters. The minimum Gasteiger partial charge on any atom is -0.345 e. The van der Waals surface area contributed by atoms with Gasteiger partial charge in [0.25, 0.3) is 0 Å². The Morgan fingerprint density at radius 2 is 1.86 bits per heavy atom. The molecule has 2 nitrogen and oxygen atoms in total. The number of carbonyl (C=O) groups excluding carboxylic acids is 1. The van der Waals surface area contributed by atoms with Crippen LogP contribution in [0.1, 0.15) is 50.0 Å². The molecular formula is C18H24BrNO. The summed E-state index contributed by atoms with van der Waals surface area (Å²) in [4.78, 5) is 14.5. The zero-order valence-electron chi connectivity index (χ0n) is 12.7. The maximum Gasteiger partial charge on any atom is 0.226 e. The van der Waals surface area contributed by atoms with Crippen molar-refractivity contribution in [3.8, 4) is 0 Å². The number of benzene rings is 1. The maximum absolute atomic E-state index is 12.5. The van der Waals surface area contributed by atoms with Gasteiger partial charge in [-0.25, -0.2) is 0 Å². The van der Waals surface area contributed by atoms with Crippen molar-refractivity contribution in [2.45, 2.75) is 44.4 Å². The fraction of sp³-hybridized carbons (Fsp3) is 0.611. The first kappa shape index (κ1) is 15.1. The normalized spacial score (nSPS) is 25.6. The second-order valence-corrected chi connectivity index (χ2v) is 7.64. The lowest BCUT2D eigenvalue weighted by Gasteiger charge is -2.27. The molecule has 1 aromatic carbocycles. The third-order valence-corrected chi connectivity index (χ3v) is 5.57. The average Bonchev–Trinajstić information content (AvgIpc) is 3.28. The van der Waals surface area contributed by atoms with Crippen LogP contribution in [-0.2, 0) is 4.79 Å². The van der Waals surface area contributed by atoms with E-state index in [0.717, 1.165) is 23.4 Å². The number of hydrogen-bond donors (Lipinski definition) is 0. The third kappa shape index (κ3) is 3.68. The van der Waals surface area contributed by atoms with Gasteiger partial charge in [0.05, 0.1) is 0 Å². The number of nitrogens with zero attached hydrogens (tertiary/aromatic N) is 1. The van der Waals surface area contributed by atoms with Crippen molar-refractivity contribution >= 4 is 21.8 Å². The summed E-state index contributed by atoms with van der Waals surface area (Å²) in [6, 6.07) is 8.42. The minimum absolute atomic E-state index is 0.222. The number of rotatable bonds is 4. The molecule has 2 aliphatic rings. The van der Waals surface area contributed by atoms with E-state index in [-0.39, 0.29) is 5.92 Å². The number of carbonyl (C=O) groups is 1. The molecule has 2 saturated carbocycles. The van der Waals surface area contributed by atoms with Gasteiger partial charge in [-0.05, 0) is 48.8 Å². The smallest absolute Gasteiger partial charge is 0.226 e. The maximum atomic E-state index is 12.5. The fourth-order valence-corrected chi connectivity index (χ4v) is 3.94. The molecule has 0 N–H and O–H groups in total. The van der Waals surface area contributed by atoms with E-state index < -0.39 is 0 Å². The Balaban J connectivity index is 1.53. The van der Waals surface area contributed by atoms with E-state index in [1.165, 1.54) is 37.7 Å². The van der Waals surface area contributed by atoms with Gasteiger partial charge in [0.15, 0.2) is 0 Å². The molecule has 1 aromatic rings. The van der Waals surface area contributed by atoms with Crippen LogP contribution < -0.4 is 0 Å². The van der Waals surface area contributed by atoms with Gasteiger partial charge in [-0.3, -0.25) is 4.79 Å². The fourth-order valence-electron chi connectivity index (χ4n) is 3.68. The van der Waals surface area contributed by atoms with E-state index in [1.807, 2.05) is 11.9 Å². The van der Waals surface area contributed by atoms with Crippen LogP contribution in [0.3, 0.4) is 0 Å². The van der Waals surface area contributed by atoms with Gasteiger partial charge in [-0.2, -0.15) is 0 Å². The van der Waals surface area contributed by atoms with E-state index in [0.29, 0.717) is 11.8 Å². The summed E-state index contributed by atoms with van der Waals surface area (Å²) in [6.45, 7) is 0.961. The first-order valence-corrected chi connectivity index (χ1v) is 8.95. The summed E-state index contributed by atoms with van der Waals surface area (Å²) in [5.74, 6) is 1.75. The summed E-state index contributed by atoms with van der Waals surface area (Å²) in [7, 11) is 1.99. The van der Waals surface area contributed by atoms with Crippen LogP contribution in [0.25, 0.3) is 0 Å². The highest BCUT2D eigenvalue weighted by Gasteiger charge is 2.45. The van der Waals surface area contributed by atoms with Crippen LogP contribution in [0.2, 0.25) is 0 Å². The van der Waals surface area contributed by atoms with Gasteiger partial charge in [0, 0.05) is 24.0 Å². The van der Waals surface area contributed by atoms with Crippen molar-refractivity contribution in [3.63, 3.8) is 0 Å². The van der Waals surface area contributed by atoms with Crippen LogP contribution in [0.5, 0.6) is 0 Å². The van der Waals surface area contributed by atoms with E-state index in [2.05, 4.69) is 40.2 Å². The molecule has 0 aliphatic heterocycles. The molecule has 0 aromatic heterocycles. The van der Waals surface area contributed by atoms with E-state index in [1.54, 1.807) is 0 Å². The van der Waals surface area contributed by atoms with Crippen molar-refractivity contribution in [2.24, 2.45) is 11.8 Å². The predicted molar refractivity (Wildman–Crippen MR) is 89.2 cm³/mol. The molecule has 0 spiro atoms. The van der Waals surface area contributed by atoms with Crippen molar-refractivity contribution in [1.29, 1.82) is 0 Å². The summed E-state index contributed by atoms with van der Waals surface area (Å²) in [6.07, 6.45) is 7.70. The highest BCUT2D eigenvalue weighted by molar-refractivity contribution is 9.10. The standard InChI is InChI=1S/C18H24BrNO/c1-20(12-13-5-3-2-4-6-13)18(21)17-11-16(17)14-7-9-15(19)10-8-14/h7-10,13,16-17H,2-6,11-12H2,1H3. The second kappa shape index (κ2) is 6.51. The lowest BCUT2D eigenvalue weighted by molar-refractivity contribution is -0.132. The van der Waals surface area contributed by atoms with Gasteiger partial charge in [0.1, 0.15) is 0 Å². The Hall–Kier alpha value is -0.830. The lowest BCUT2D eigenvalue weighted by atomic mass is 9.89. The molecule has 2 fully saturated rings. The molecule has 0 bridgehead atoms. The molecule has 1 amide bonds. The third-order valence-electron chi connectivity index (χ3n) is 5.04. The largest absolute Gasteiger partial charge is 0.345 e. The van der Waals surface area contributed by atoms with Gasteiger partial charge in [-0.15, -0.1) is 0 Å². The Morgan fingerprint density at radius 1 is 1.19 bits per heavy atom. The van der Waals surface area contributed by atoms with Crippen LogP contribution in [0.4, 0.5) is 0 Å². The zero-order chi connectivity index (χ0) is 14.8. The summed E-state index contributed by atoms with van der Waals surface area (Å²) in [5, 5.41) is 0. The summed E-state index contributed by atoms with van der Waals surface area (Å²) < 4.78 is 1.10. The monoisotopic (exact) mass is 349 g/mol. The topological polar surface area (TPSA) is 20.3 Å². The van der Waals surface area contributed by atoms with E-state index in [9.17, 15) is 4.79 Å². The van der Waals surface area contributed by atoms with Crippen molar-refractivity contribution in [2.75, 3.05) is 13.6 Å². The molecule has 0 heterocycles. The first-order chi connectivity index (χ1) is 10.1. The average molecular weight is 350 g/mol. The molecule has 3 rings (SSSR count). The first-order valence-electron chi connectivity index (χ1n) is 8.15. The van der Waals surface area contributed by atoms with Gasteiger partial charge < -0.3 is 4.90 Å². The molecular weight excluding hydrogens is 326 g/mol. The number of amides is 1. The van der Waals surface area contributed by atoms with Crippen molar-refractivity contribution in [3.05, 3.63) is 34.3 Å². The molecule has 0 saturated heterocycles. The van der Waals surface area contributed by atoms with Gasteiger partial charge in [0.2, 0.25) is 5.91 Å². The Bertz CT molecular complexity index is 492. The van der Waals surface area contributed by atoms with Crippen molar-refractivity contribution in [1.82, 2.24) is 4.90 Å². The highest BCUT2D eigenvalue weighted by atomic mass is 79.9. The highest BCUT2D eigenvalue weighted by Crippen LogP contribution is 2.48. The second-order valence-electron chi connectivity index (χ2n) is 6.72. The molecule has 0 radical (unpaired) electrons. The molecule has 2 atom stereocenters. The zero-order valence-corrected chi connectivity index (χ0v) is 14.3. The molecule has 114 valence electrons. The van der Waals surface area contributed by atoms with Gasteiger partial charge in [-0.1, -0.05) is 47.3 Å². The molecule has 3 heteroatoms. The van der Waals surface area contributed by atoms with Crippen LogP contribution in [0, 0.1) is 11.8 Å². The van der Waals surface area contributed by atoms with Crippen LogP contribution in [0.15, 0.2) is 28.7 Å². The van der Waals surface area contributed by atoms with Crippen LogP contribution in [-0.4, -0.2) is 24.4 Å². The van der Waals surface area contributed by atoms with Crippen LogP contribution >= 0.6 is 15.9 Å². The lowest BCUT2D eigenvalue weighted by Crippen LogP contribution is -2.33. The van der Waals surface area contributed by atoms with E-state index in [4.69, 9.17) is 0 Å². The summed E-state index contributed by atoms with van der Waals surface area (Å²) in [5.41, 5.74) is 1.31. The Morgan fingerprint density at radius 3 is 2.52 bits per heavy atom. The number of hydrogen-bond acceptors (Lipinski definition) is 1. The summed E-state index contributed by atoms with van der Waals surface area (Å²) >= 11 is 3.46. The molecule has 2 aliphatic carbocycles. The van der Waals surface area contributed by atoms with Gasteiger partial charge >= 0.3 is 0 Å². The quantitative estimate of drug-likeness (QED) is 0.778. The molecule has 21 heavy (non-hydrogen) atoms. The predicted octanol–water partition coefficient (Wildman–Crippen LogP) is 4.59. The van der Waals surface area contributed by atoms with Crippen molar-refractivity contribution < 1.29 is 4.79 Å². The number of halogens is 1. The Kier molecular flexibility index (Phi) is 4.68. The SMILES string of the molecule is CN(CC1CCCCC1)C(=O)C1CC1c1ccc(Br)cc1. The van der Waals surface area contributed by atoms with E-state index >= 15 is 0 Å².